The molecule has 0 atom stereocenters. The number of aromatic nitrogens is 1. The van der Waals surface area contributed by atoms with Crippen LogP contribution in [0.5, 0.6) is 0 Å². The van der Waals surface area contributed by atoms with Gasteiger partial charge in [-0.15, -0.1) is 0 Å². The average molecular weight is 171 g/mol. The van der Waals surface area contributed by atoms with Gasteiger partial charge in [0.1, 0.15) is 0 Å². The largest absolute Gasteiger partial charge is 0.264 e. The van der Waals surface area contributed by atoms with Gasteiger partial charge in [-0.2, -0.15) is 0 Å². The van der Waals surface area contributed by atoms with Gasteiger partial charge in [0.15, 0.2) is 0 Å². The Labute approximate surface area is 78.8 Å². The molecule has 1 aliphatic carbocycles. The molecule has 0 N–H and O–H groups in total. The molecule has 1 heteroatoms. The summed E-state index contributed by atoms with van der Waals surface area (Å²) in [5.41, 5.74) is 4.00. The lowest BCUT2D eigenvalue weighted by atomic mass is 9.96. The third-order valence-electron chi connectivity index (χ3n) is 2.30. The number of pyridine rings is 1. The van der Waals surface area contributed by atoms with Crippen molar-refractivity contribution in [2.75, 3.05) is 0 Å². The molecule has 0 fully saturated rings. The van der Waals surface area contributed by atoms with E-state index in [1.807, 2.05) is 18.5 Å². The molecular weight excluding hydrogens is 158 g/mol. The van der Waals surface area contributed by atoms with Crippen LogP contribution < -0.4 is 0 Å². The maximum absolute atomic E-state index is 4.11. The van der Waals surface area contributed by atoms with E-state index < -0.39 is 0 Å². The second-order valence-corrected chi connectivity index (χ2v) is 3.43. The fourth-order valence-corrected chi connectivity index (χ4v) is 1.59. The van der Waals surface area contributed by atoms with Crippen molar-refractivity contribution in [1.82, 2.24) is 4.98 Å². The number of allylic oxidation sites excluding steroid dienone is 4. The molecule has 2 rings (SSSR count). The van der Waals surface area contributed by atoms with Crippen molar-refractivity contribution in [3.8, 4) is 0 Å². The third-order valence-corrected chi connectivity index (χ3v) is 2.30. The maximum atomic E-state index is 4.11. The van der Waals surface area contributed by atoms with Crippen molar-refractivity contribution in [2.45, 2.75) is 19.8 Å². The molecule has 13 heavy (non-hydrogen) atoms. The topological polar surface area (TPSA) is 12.9 Å². The molecule has 0 unspecified atom stereocenters. The standard InChI is InChI=1S/C12H13N/c1-10-4-2-5-11(8-10)12-6-3-7-13-9-12/h3,5-9H,2,4H2,1H3. The molecule has 0 saturated carbocycles. The van der Waals surface area contributed by atoms with Gasteiger partial charge in [-0.05, 0) is 37.0 Å². The molecule has 1 nitrogen and oxygen atoms in total. The molecule has 0 radical (unpaired) electrons. The monoisotopic (exact) mass is 171 g/mol. The Morgan fingerprint density at radius 1 is 1.38 bits per heavy atom. The van der Waals surface area contributed by atoms with Gasteiger partial charge >= 0.3 is 0 Å². The van der Waals surface area contributed by atoms with Gasteiger partial charge in [-0.25, -0.2) is 0 Å². The summed E-state index contributed by atoms with van der Waals surface area (Å²) in [6.07, 6.45) is 10.6. The highest BCUT2D eigenvalue weighted by molar-refractivity contribution is 5.74. The van der Waals surface area contributed by atoms with Crippen molar-refractivity contribution in [3.63, 3.8) is 0 Å². The van der Waals surface area contributed by atoms with Crippen LogP contribution in [0.4, 0.5) is 0 Å². The summed E-state index contributed by atoms with van der Waals surface area (Å²) in [5, 5.41) is 0. The SMILES string of the molecule is CC1=CC(c2cccnc2)=CCC1. The Kier molecular flexibility index (Phi) is 2.26. The number of hydrogen-bond acceptors (Lipinski definition) is 1. The van der Waals surface area contributed by atoms with E-state index in [1.165, 1.54) is 23.1 Å². The second-order valence-electron chi connectivity index (χ2n) is 3.43. The molecule has 0 saturated heterocycles. The zero-order valence-corrected chi connectivity index (χ0v) is 7.83. The Bertz CT molecular complexity index is 347. The van der Waals surface area contributed by atoms with Gasteiger partial charge in [0.05, 0.1) is 0 Å². The van der Waals surface area contributed by atoms with E-state index in [2.05, 4.69) is 30.1 Å². The number of rotatable bonds is 1. The zero-order valence-electron chi connectivity index (χ0n) is 7.83. The minimum Gasteiger partial charge on any atom is -0.264 e. The van der Waals surface area contributed by atoms with Crippen molar-refractivity contribution < 1.29 is 0 Å². The molecule has 0 bridgehead atoms. The maximum Gasteiger partial charge on any atom is 0.0346 e. The van der Waals surface area contributed by atoms with Crippen molar-refractivity contribution in [2.24, 2.45) is 0 Å². The Hall–Kier alpha value is -1.37. The summed E-state index contributed by atoms with van der Waals surface area (Å²) in [6, 6.07) is 4.09. The lowest BCUT2D eigenvalue weighted by molar-refractivity contribution is 0.965. The highest BCUT2D eigenvalue weighted by atomic mass is 14.6. The molecule has 0 aliphatic heterocycles. The summed E-state index contributed by atoms with van der Waals surface area (Å²) in [7, 11) is 0. The first-order valence-electron chi connectivity index (χ1n) is 4.64. The van der Waals surface area contributed by atoms with Crippen LogP contribution in [0, 0.1) is 0 Å². The van der Waals surface area contributed by atoms with Crippen LogP contribution in [0.2, 0.25) is 0 Å². The average Bonchev–Trinajstić information content (AvgIpc) is 2.19. The summed E-state index contributed by atoms with van der Waals surface area (Å²) >= 11 is 0. The van der Waals surface area contributed by atoms with E-state index in [-0.39, 0.29) is 0 Å². The van der Waals surface area contributed by atoms with Gasteiger partial charge in [0.25, 0.3) is 0 Å². The van der Waals surface area contributed by atoms with E-state index in [1.54, 1.807) is 0 Å². The first kappa shape index (κ1) is 8.24. The van der Waals surface area contributed by atoms with E-state index in [9.17, 15) is 0 Å². The molecule has 0 aromatic carbocycles. The molecule has 1 aromatic rings. The summed E-state index contributed by atoms with van der Waals surface area (Å²) in [6.45, 7) is 2.18. The molecule has 1 aliphatic rings. The van der Waals surface area contributed by atoms with Gasteiger partial charge in [0, 0.05) is 12.4 Å². The zero-order chi connectivity index (χ0) is 9.10. The number of hydrogen-bond donors (Lipinski definition) is 0. The molecule has 66 valence electrons. The smallest absolute Gasteiger partial charge is 0.0346 e. The van der Waals surface area contributed by atoms with Gasteiger partial charge in [0.2, 0.25) is 0 Å². The third kappa shape index (κ3) is 1.86. The van der Waals surface area contributed by atoms with E-state index in [0.29, 0.717) is 0 Å². The lowest BCUT2D eigenvalue weighted by Gasteiger charge is -2.09. The van der Waals surface area contributed by atoms with Crippen molar-refractivity contribution in [3.05, 3.63) is 47.8 Å². The summed E-state index contributed by atoms with van der Waals surface area (Å²) in [4.78, 5) is 4.11. The van der Waals surface area contributed by atoms with Crippen molar-refractivity contribution >= 4 is 5.57 Å². The molecule has 1 heterocycles. The first-order valence-corrected chi connectivity index (χ1v) is 4.64. The van der Waals surface area contributed by atoms with Crippen LogP contribution in [-0.2, 0) is 0 Å². The van der Waals surface area contributed by atoms with Crippen LogP contribution in [-0.4, -0.2) is 4.98 Å². The van der Waals surface area contributed by atoms with Gasteiger partial charge < -0.3 is 0 Å². The Balaban J connectivity index is 2.33. The minimum atomic E-state index is 1.16. The van der Waals surface area contributed by atoms with Gasteiger partial charge in [-0.1, -0.05) is 23.8 Å². The van der Waals surface area contributed by atoms with Crippen LogP contribution in [0.3, 0.4) is 0 Å². The van der Waals surface area contributed by atoms with E-state index in [4.69, 9.17) is 0 Å². The molecule has 1 aromatic heterocycles. The minimum absolute atomic E-state index is 1.16. The summed E-state index contributed by atoms with van der Waals surface area (Å²) < 4.78 is 0. The lowest BCUT2D eigenvalue weighted by Crippen LogP contribution is -1.89. The second kappa shape index (κ2) is 3.56. The number of nitrogens with zero attached hydrogens (tertiary/aromatic N) is 1. The molecule has 0 spiro atoms. The Morgan fingerprint density at radius 2 is 2.31 bits per heavy atom. The van der Waals surface area contributed by atoms with Crippen LogP contribution >= 0.6 is 0 Å². The molecule has 0 amide bonds. The predicted molar refractivity (Wildman–Crippen MR) is 55.2 cm³/mol. The van der Waals surface area contributed by atoms with E-state index in [0.717, 1.165) is 6.42 Å². The quantitative estimate of drug-likeness (QED) is 0.632. The van der Waals surface area contributed by atoms with Gasteiger partial charge in [-0.3, -0.25) is 4.98 Å². The molecular formula is C12H13N. The Morgan fingerprint density at radius 3 is 3.00 bits per heavy atom. The van der Waals surface area contributed by atoms with Crippen molar-refractivity contribution in [1.29, 1.82) is 0 Å². The highest BCUT2D eigenvalue weighted by Gasteiger charge is 2.03. The van der Waals surface area contributed by atoms with Crippen LogP contribution in [0.1, 0.15) is 25.3 Å². The van der Waals surface area contributed by atoms with Crippen LogP contribution in [0.25, 0.3) is 5.57 Å². The first-order chi connectivity index (χ1) is 6.36. The highest BCUT2D eigenvalue weighted by Crippen LogP contribution is 2.23. The fraction of sp³-hybridized carbons (Fsp3) is 0.250. The summed E-state index contributed by atoms with van der Waals surface area (Å²) in [5.74, 6) is 0. The fourth-order valence-electron chi connectivity index (χ4n) is 1.59. The van der Waals surface area contributed by atoms with Crippen LogP contribution in [0.15, 0.2) is 42.3 Å². The van der Waals surface area contributed by atoms with E-state index >= 15 is 0 Å². The predicted octanol–water partition coefficient (Wildman–Crippen LogP) is 3.21. The normalized spacial score (nSPS) is 16.4.